The molecule has 0 aromatic heterocycles. The molecule has 0 bridgehead atoms. The topological polar surface area (TPSA) is 36.4 Å². The standard InChI is InChI=1S/C9H11N3.HI/c1-10-9-11-6-7-4-2-3-5-8(7)12-9;/h2-5H,6H2,1H3,(H2,10,11,12);1H. The number of anilines is 1. The second kappa shape index (κ2) is 4.45. The van der Waals surface area contributed by atoms with Gasteiger partial charge >= 0.3 is 0 Å². The van der Waals surface area contributed by atoms with Crippen LogP contribution >= 0.6 is 24.0 Å². The van der Waals surface area contributed by atoms with Crippen molar-refractivity contribution in [2.75, 3.05) is 12.4 Å². The molecule has 1 aliphatic heterocycles. The van der Waals surface area contributed by atoms with E-state index >= 15 is 0 Å². The van der Waals surface area contributed by atoms with Crippen molar-refractivity contribution in [1.29, 1.82) is 0 Å². The van der Waals surface area contributed by atoms with Crippen LogP contribution in [-0.4, -0.2) is 13.0 Å². The molecule has 0 spiro atoms. The SMILES string of the molecule is CN=C1NCc2ccccc2N1.I. The highest BCUT2D eigenvalue weighted by Crippen LogP contribution is 2.17. The Bertz CT molecular complexity index is 322. The third-order valence-electron chi connectivity index (χ3n) is 1.94. The molecule has 4 heteroatoms. The van der Waals surface area contributed by atoms with Gasteiger partial charge in [-0.3, -0.25) is 4.99 Å². The summed E-state index contributed by atoms with van der Waals surface area (Å²) in [6.07, 6.45) is 0. The van der Waals surface area contributed by atoms with E-state index in [-0.39, 0.29) is 24.0 Å². The van der Waals surface area contributed by atoms with Crippen molar-refractivity contribution in [3.8, 4) is 0 Å². The van der Waals surface area contributed by atoms with Gasteiger partial charge in [0.2, 0.25) is 0 Å². The van der Waals surface area contributed by atoms with Gasteiger partial charge in [0.1, 0.15) is 0 Å². The van der Waals surface area contributed by atoms with Gasteiger partial charge in [0.25, 0.3) is 0 Å². The number of fused-ring (bicyclic) bond motifs is 1. The normalized spacial score (nSPS) is 16.5. The van der Waals surface area contributed by atoms with Gasteiger partial charge in [-0.2, -0.15) is 0 Å². The van der Waals surface area contributed by atoms with E-state index < -0.39 is 0 Å². The van der Waals surface area contributed by atoms with Gasteiger partial charge in [0.05, 0.1) is 0 Å². The Morgan fingerprint density at radius 3 is 2.85 bits per heavy atom. The number of nitrogens with one attached hydrogen (secondary N) is 2. The number of benzene rings is 1. The van der Waals surface area contributed by atoms with Crippen LogP contribution < -0.4 is 10.6 Å². The fourth-order valence-corrected chi connectivity index (χ4v) is 1.28. The minimum Gasteiger partial charge on any atom is -0.352 e. The summed E-state index contributed by atoms with van der Waals surface area (Å²) >= 11 is 0. The van der Waals surface area contributed by atoms with Crippen LogP contribution in [0, 0.1) is 0 Å². The third-order valence-corrected chi connectivity index (χ3v) is 1.94. The fourth-order valence-electron chi connectivity index (χ4n) is 1.28. The summed E-state index contributed by atoms with van der Waals surface area (Å²) in [5.74, 6) is 0.841. The fraction of sp³-hybridized carbons (Fsp3) is 0.222. The second-order valence-electron chi connectivity index (χ2n) is 2.71. The van der Waals surface area contributed by atoms with E-state index in [1.54, 1.807) is 7.05 Å². The van der Waals surface area contributed by atoms with Crippen LogP contribution in [0.15, 0.2) is 29.3 Å². The van der Waals surface area contributed by atoms with Gasteiger partial charge in [-0.05, 0) is 11.6 Å². The van der Waals surface area contributed by atoms with Crippen molar-refractivity contribution in [2.45, 2.75) is 6.54 Å². The molecule has 70 valence electrons. The lowest BCUT2D eigenvalue weighted by molar-refractivity contribution is 0.889. The predicted molar refractivity (Wildman–Crippen MR) is 65.7 cm³/mol. The molecule has 1 aromatic carbocycles. The summed E-state index contributed by atoms with van der Waals surface area (Å²) < 4.78 is 0. The van der Waals surface area contributed by atoms with Crippen molar-refractivity contribution in [1.82, 2.24) is 5.32 Å². The minimum atomic E-state index is 0. The molecule has 0 radical (unpaired) electrons. The minimum absolute atomic E-state index is 0. The van der Waals surface area contributed by atoms with Crippen molar-refractivity contribution in [3.05, 3.63) is 29.8 Å². The molecule has 2 N–H and O–H groups in total. The molecule has 2 rings (SSSR count). The molecule has 0 atom stereocenters. The van der Waals surface area contributed by atoms with Gasteiger partial charge in [-0.1, -0.05) is 18.2 Å². The number of halogens is 1. The summed E-state index contributed by atoms with van der Waals surface area (Å²) in [5.41, 5.74) is 2.43. The number of nitrogens with zero attached hydrogens (tertiary/aromatic N) is 1. The number of hydrogen-bond donors (Lipinski definition) is 2. The van der Waals surface area contributed by atoms with Crippen molar-refractivity contribution >= 4 is 35.6 Å². The number of hydrogen-bond acceptors (Lipinski definition) is 1. The molecule has 0 aliphatic carbocycles. The quantitative estimate of drug-likeness (QED) is 0.715. The summed E-state index contributed by atoms with van der Waals surface area (Å²) in [6, 6.07) is 8.21. The maximum Gasteiger partial charge on any atom is 0.195 e. The van der Waals surface area contributed by atoms with Crippen LogP contribution in [0.1, 0.15) is 5.56 Å². The summed E-state index contributed by atoms with van der Waals surface area (Å²) in [4.78, 5) is 4.04. The van der Waals surface area contributed by atoms with Crippen LogP contribution in [0.4, 0.5) is 5.69 Å². The van der Waals surface area contributed by atoms with E-state index in [0.717, 1.165) is 18.2 Å². The smallest absolute Gasteiger partial charge is 0.195 e. The van der Waals surface area contributed by atoms with E-state index in [4.69, 9.17) is 0 Å². The molecule has 1 aliphatic rings. The Morgan fingerprint density at radius 2 is 2.08 bits per heavy atom. The molecule has 3 nitrogen and oxygen atoms in total. The van der Waals surface area contributed by atoms with Crippen molar-refractivity contribution in [3.63, 3.8) is 0 Å². The first-order valence-electron chi connectivity index (χ1n) is 3.96. The lowest BCUT2D eigenvalue weighted by Gasteiger charge is -2.20. The molecule has 1 heterocycles. The van der Waals surface area contributed by atoms with E-state index in [1.165, 1.54) is 5.56 Å². The Balaban J connectivity index is 0.000000845. The molecule has 0 saturated carbocycles. The lowest BCUT2D eigenvalue weighted by Crippen LogP contribution is -2.34. The second-order valence-corrected chi connectivity index (χ2v) is 2.71. The molecular formula is C9H12IN3. The average Bonchev–Trinajstić information content (AvgIpc) is 2.17. The number of rotatable bonds is 0. The Morgan fingerprint density at radius 1 is 1.31 bits per heavy atom. The van der Waals surface area contributed by atoms with Crippen LogP contribution in [0.5, 0.6) is 0 Å². The Kier molecular flexibility index (Phi) is 3.53. The maximum atomic E-state index is 4.04. The van der Waals surface area contributed by atoms with Gasteiger partial charge < -0.3 is 10.6 Å². The highest BCUT2D eigenvalue weighted by molar-refractivity contribution is 14.0. The van der Waals surface area contributed by atoms with E-state index in [0.29, 0.717) is 0 Å². The highest BCUT2D eigenvalue weighted by atomic mass is 127. The van der Waals surface area contributed by atoms with Crippen LogP contribution in [-0.2, 0) is 6.54 Å². The van der Waals surface area contributed by atoms with Crippen LogP contribution in [0.25, 0.3) is 0 Å². The lowest BCUT2D eigenvalue weighted by atomic mass is 10.1. The first kappa shape index (κ1) is 10.3. The first-order chi connectivity index (χ1) is 5.90. The van der Waals surface area contributed by atoms with Gasteiger partial charge in [0.15, 0.2) is 5.96 Å². The predicted octanol–water partition coefficient (Wildman–Crippen LogP) is 1.81. The van der Waals surface area contributed by atoms with Crippen molar-refractivity contribution < 1.29 is 0 Å². The molecule has 1 aromatic rings. The zero-order valence-corrected chi connectivity index (χ0v) is 9.70. The van der Waals surface area contributed by atoms with E-state index in [9.17, 15) is 0 Å². The van der Waals surface area contributed by atoms with Crippen LogP contribution in [0.2, 0.25) is 0 Å². The average molecular weight is 289 g/mol. The zero-order chi connectivity index (χ0) is 8.39. The zero-order valence-electron chi connectivity index (χ0n) is 7.37. The van der Waals surface area contributed by atoms with Crippen LogP contribution in [0.3, 0.4) is 0 Å². The maximum absolute atomic E-state index is 4.04. The Hall–Kier alpha value is -0.780. The van der Waals surface area contributed by atoms with Crippen molar-refractivity contribution in [2.24, 2.45) is 4.99 Å². The number of aliphatic imine (C=N–C) groups is 1. The molecule has 0 fully saturated rings. The summed E-state index contributed by atoms with van der Waals surface area (Å²) in [7, 11) is 1.77. The summed E-state index contributed by atoms with van der Waals surface area (Å²) in [6.45, 7) is 0.857. The van der Waals surface area contributed by atoms with E-state index in [2.05, 4.69) is 27.8 Å². The molecule has 0 unspecified atom stereocenters. The highest BCUT2D eigenvalue weighted by Gasteiger charge is 2.09. The molecular weight excluding hydrogens is 277 g/mol. The summed E-state index contributed by atoms with van der Waals surface area (Å²) in [5, 5.41) is 6.35. The third kappa shape index (κ3) is 2.12. The Labute approximate surface area is 94.7 Å². The number of para-hydroxylation sites is 1. The van der Waals surface area contributed by atoms with E-state index in [1.807, 2.05) is 12.1 Å². The first-order valence-corrected chi connectivity index (χ1v) is 3.96. The monoisotopic (exact) mass is 289 g/mol. The van der Waals surface area contributed by atoms with Gasteiger partial charge in [-0.15, -0.1) is 24.0 Å². The molecule has 13 heavy (non-hydrogen) atoms. The number of guanidine groups is 1. The van der Waals surface area contributed by atoms with Gasteiger partial charge in [0, 0.05) is 19.3 Å². The van der Waals surface area contributed by atoms with Gasteiger partial charge in [-0.25, -0.2) is 0 Å². The molecule has 0 saturated heterocycles. The molecule has 0 amide bonds. The largest absolute Gasteiger partial charge is 0.352 e.